The third-order valence-electron chi connectivity index (χ3n) is 11.6. The van der Waals surface area contributed by atoms with Crippen molar-refractivity contribution in [2.24, 2.45) is 11.8 Å². The third kappa shape index (κ3) is 9.13. The number of nitrogens with one attached hydrogen (secondary N) is 2. The van der Waals surface area contributed by atoms with Crippen molar-refractivity contribution in [3.05, 3.63) is 0 Å². The van der Waals surface area contributed by atoms with E-state index in [2.05, 4.69) is 58.4 Å². The number of hydrogen-bond donors (Lipinski definition) is 2. The van der Waals surface area contributed by atoms with Crippen LogP contribution in [0.25, 0.3) is 0 Å². The molecule has 4 atom stereocenters. The van der Waals surface area contributed by atoms with Gasteiger partial charge in [-0.2, -0.15) is 0 Å². The Morgan fingerprint density at radius 2 is 1.12 bits per heavy atom. The van der Waals surface area contributed by atoms with Crippen LogP contribution in [0.2, 0.25) is 0 Å². The number of hydrogen-bond acceptors (Lipinski definition) is 6. The topological polar surface area (TPSA) is 37.0 Å². The van der Waals surface area contributed by atoms with Crippen LogP contribution in [0, 0.1) is 11.8 Å². The second kappa shape index (κ2) is 17.2. The van der Waals surface area contributed by atoms with Gasteiger partial charge in [-0.25, -0.2) is 0 Å². The predicted molar refractivity (Wildman–Crippen MR) is 176 cm³/mol. The molecule has 4 unspecified atom stereocenters. The van der Waals surface area contributed by atoms with Crippen LogP contribution in [0.4, 0.5) is 0 Å². The highest BCUT2D eigenvalue weighted by molar-refractivity contribution is 4.93. The molecule has 8 heterocycles. The summed E-state index contributed by atoms with van der Waals surface area (Å²) in [5.74, 6) is 2.05. The number of likely N-dealkylation sites (N-methyl/N-ethyl adjacent to an activating group) is 2. The van der Waals surface area contributed by atoms with Crippen molar-refractivity contribution in [2.75, 3.05) is 67.5 Å². The van der Waals surface area contributed by atoms with E-state index in [4.69, 9.17) is 0 Å². The molecule has 0 aromatic rings. The zero-order chi connectivity index (χ0) is 25.8. The molecule has 6 nitrogen and oxygen atoms in total. The first-order chi connectivity index (χ1) is 18.0. The highest BCUT2D eigenvalue weighted by atomic mass is 15.2. The summed E-state index contributed by atoms with van der Waals surface area (Å²) in [7, 11) is 9.02. The van der Waals surface area contributed by atoms with Crippen LogP contribution in [0.3, 0.4) is 0 Å². The Balaban J connectivity index is 0.000000183. The molecule has 4 bridgehead atoms. The lowest BCUT2D eigenvalue weighted by Crippen LogP contribution is -2.46. The van der Waals surface area contributed by atoms with Crippen LogP contribution in [-0.4, -0.2) is 123 Å². The zero-order valence-corrected chi connectivity index (χ0v) is 24.8. The standard InChI is InChI=1S/2C8H16N2.C8H15N.C7H13N.3CH4/c1-10-5-3-7-2-4-9-8(7)6-10;1-10-6-2-3-7-8(10)4-5-9-7;1-9-6-7-2-4-8(9)5-3-7;1-8-6-2-3-7(8)5-4-6;;;/h2*7-9H,2-6H2,1H3;7-8H,2-6H2,1H3;6-7H,2-5H2,1H3;3*1H4. The molecule has 8 aliphatic heterocycles. The SMILES string of the molecule is C.C.C.CN1C2CCC1CC2.CN1CC2CCC1CC2.CN1CCC2CCNC2C1.CN1CCCC2NCCC21. The normalized spacial score (nSPS) is 39.9. The maximum absolute atomic E-state index is 3.55. The lowest BCUT2D eigenvalue weighted by Gasteiger charge is -2.43. The average molecular weight is 565 g/mol. The van der Waals surface area contributed by atoms with E-state index in [0.29, 0.717) is 0 Å². The number of rotatable bonds is 0. The van der Waals surface area contributed by atoms with E-state index in [0.717, 1.165) is 48.1 Å². The monoisotopic (exact) mass is 565 g/mol. The van der Waals surface area contributed by atoms with E-state index in [1.807, 2.05) is 0 Å². The highest BCUT2D eigenvalue weighted by Crippen LogP contribution is 2.35. The van der Waals surface area contributed by atoms with Gasteiger partial charge in [0.15, 0.2) is 0 Å². The molecular formula is C34H72N6. The van der Waals surface area contributed by atoms with E-state index in [1.54, 1.807) is 0 Å². The van der Waals surface area contributed by atoms with Crippen LogP contribution in [-0.2, 0) is 0 Å². The Morgan fingerprint density at radius 1 is 0.525 bits per heavy atom. The molecule has 0 radical (unpaired) electrons. The minimum Gasteiger partial charge on any atom is -0.312 e. The van der Waals surface area contributed by atoms with Gasteiger partial charge in [-0.3, -0.25) is 0 Å². The van der Waals surface area contributed by atoms with Gasteiger partial charge in [0.1, 0.15) is 0 Å². The molecule has 8 saturated heterocycles. The predicted octanol–water partition coefficient (Wildman–Crippen LogP) is 5.38. The maximum Gasteiger partial charge on any atom is 0.0258 e. The Hall–Kier alpha value is -0.240. The van der Waals surface area contributed by atoms with Crippen molar-refractivity contribution in [1.82, 2.24) is 30.2 Å². The summed E-state index contributed by atoms with van der Waals surface area (Å²) in [6.07, 6.45) is 18.8. The van der Waals surface area contributed by atoms with Gasteiger partial charge < -0.3 is 30.2 Å². The molecule has 40 heavy (non-hydrogen) atoms. The zero-order valence-electron chi connectivity index (χ0n) is 24.8. The molecule has 238 valence electrons. The lowest BCUT2D eigenvalue weighted by atomic mass is 9.80. The summed E-state index contributed by atoms with van der Waals surface area (Å²) in [6.45, 7) is 7.75. The summed E-state index contributed by atoms with van der Waals surface area (Å²) < 4.78 is 0. The van der Waals surface area contributed by atoms with Gasteiger partial charge in [-0.15, -0.1) is 0 Å². The molecule has 0 aromatic heterocycles. The largest absolute Gasteiger partial charge is 0.312 e. The summed E-state index contributed by atoms with van der Waals surface area (Å²) >= 11 is 0. The van der Waals surface area contributed by atoms with E-state index in [1.165, 1.54) is 123 Å². The van der Waals surface area contributed by atoms with Crippen molar-refractivity contribution >= 4 is 0 Å². The molecule has 6 heteroatoms. The van der Waals surface area contributed by atoms with E-state index in [9.17, 15) is 0 Å². The fourth-order valence-electron chi connectivity index (χ4n) is 8.99. The number of piperidine rings is 4. The number of likely N-dealkylation sites (tertiary alicyclic amines) is 2. The average Bonchev–Trinajstić information content (AvgIpc) is 3.72. The van der Waals surface area contributed by atoms with Gasteiger partial charge in [-0.05, 0) is 150 Å². The first-order valence-corrected chi connectivity index (χ1v) is 16.3. The summed E-state index contributed by atoms with van der Waals surface area (Å²) in [6, 6.07) is 5.39. The van der Waals surface area contributed by atoms with Gasteiger partial charge in [0.2, 0.25) is 0 Å². The van der Waals surface area contributed by atoms with Gasteiger partial charge in [0.25, 0.3) is 0 Å². The van der Waals surface area contributed by atoms with Crippen LogP contribution in [0.5, 0.6) is 0 Å². The Labute approximate surface area is 251 Å². The summed E-state index contributed by atoms with van der Waals surface area (Å²) in [4.78, 5) is 10.0. The Kier molecular flexibility index (Phi) is 15.4. The van der Waals surface area contributed by atoms with Crippen molar-refractivity contribution < 1.29 is 0 Å². The Morgan fingerprint density at radius 3 is 1.62 bits per heavy atom. The van der Waals surface area contributed by atoms with Crippen LogP contribution < -0.4 is 10.6 Å². The van der Waals surface area contributed by atoms with Crippen LogP contribution in [0.1, 0.15) is 106 Å². The fraction of sp³-hybridized carbons (Fsp3) is 1.00. The van der Waals surface area contributed by atoms with Crippen molar-refractivity contribution in [2.45, 2.75) is 142 Å². The molecular weight excluding hydrogens is 492 g/mol. The first kappa shape index (κ1) is 36.0. The van der Waals surface area contributed by atoms with Crippen LogP contribution >= 0.6 is 0 Å². The van der Waals surface area contributed by atoms with Crippen molar-refractivity contribution in [3.63, 3.8) is 0 Å². The van der Waals surface area contributed by atoms with Crippen molar-refractivity contribution in [3.8, 4) is 0 Å². The molecule has 1 aliphatic carbocycles. The first-order valence-electron chi connectivity index (χ1n) is 16.3. The van der Waals surface area contributed by atoms with E-state index >= 15 is 0 Å². The highest BCUT2D eigenvalue weighted by Gasteiger charge is 2.36. The minimum atomic E-state index is 0. The summed E-state index contributed by atoms with van der Waals surface area (Å²) in [5.41, 5.74) is 0. The summed E-state index contributed by atoms with van der Waals surface area (Å²) in [5, 5.41) is 7.09. The van der Waals surface area contributed by atoms with Gasteiger partial charge in [0, 0.05) is 49.3 Å². The molecule has 0 aromatic carbocycles. The molecule has 9 fully saturated rings. The third-order valence-corrected chi connectivity index (χ3v) is 11.6. The lowest BCUT2D eigenvalue weighted by molar-refractivity contribution is 0.0727. The number of fused-ring (bicyclic) bond motifs is 7. The van der Waals surface area contributed by atoms with Gasteiger partial charge >= 0.3 is 0 Å². The van der Waals surface area contributed by atoms with E-state index < -0.39 is 0 Å². The Bertz CT molecular complexity index is 661. The second-order valence-corrected chi connectivity index (χ2v) is 13.9. The molecule has 9 aliphatic rings. The smallest absolute Gasteiger partial charge is 0.0258 e. The number of nitrogens with zero attached hydrogens (tertiary/aromatic N) is 4. The molecule has 0 spiro atoms. The minimum absolute atomic E-state index is 0. The van der Waals surface area contributed by atoms with Gasteiger partial charge in [-0.1, -0.05) is 22.3 Å². The van der Waals surface area contributed by atoms with Crippen LogP contribution in [0.15, 0.2) is 0 Å². The van der Waals surface area contributed by atoms with E-state index in [-0.39, 0.29) is 22.3 Å². The van der Waals surface area contributed by atoms with Crippen molar-refractivity contribution in [1.29, 1.82) is 0 Å². The molecule has 0 amide bonds. The van der Waals surface area contributed by atoms with Gasteiger partial charge in [0.05, 0.1) is 0 Å². The molecule has 2 N–H and O–H groups in total. The molecule has 1 saturated carbocycles. The maximum atomic E-state index is 3.55. The quantitative estimate of drug-likeness (QED) is 0.411. The molecule has 9 rings (SSSR count). The second-order valence-electron chi connectivity index (χ2n) is 13.9. The fourth-order valence-corrected chi connectivity index (χ4v) is 8.99.